The predicted octanol–water partition coefficient (Wildman–Crippen LogP) is 5.00. The molecule has 2 bridgehead atoms. The lowest BCUT2D eigenvalue weighted by atomic mass is 9.73. The van der Waals surface area contributed by atoms with E-state index in [2.05, 4.69) is 27.0 Å². The molecule has 0 spiro atoms. The second-order valence-electron chi connectivity index (χ2n) is 7.46. The number of hydrogen-bond donors (Lipinski definition) is 0. The van der Waals surface area contributed by atoms with Crippen LogP contribution in [0.25, 0.3) is 17.1 Å². The van der Waals surface area contributed by atoms with Crippen LogP contribution in [-0.2, 0) is 10.3 Å². The molecule has 0 radical (unpaired) electrons. The average Bonchev–Trinajstić information content (AvgIpc) is 3.17. The summed E-state index contributed by atoms with van der Waals surface area (Å²) in [6, 6.07) is 13.6. The first kappa shape index (κ1) is 18.2. The van der Waals surface area contributed by atoms with E-state index in [9.17, 15) is 13.2 Å². The number of alkyl halides is 3. The van der Waals surface area contributed by atoms with Gasteiger partial charge in [-0.15, -0.1) is 18.3 Å². The zero-order chi connectivity index (χ0) is 20.1. The molecule has 2 atom stereocenters. The third kappa shape index (κ3) is 3.48. The van der Waals surface area contributed by atoms with E-state index >= 15 is 0 Å². The zero-order valence-corrected chi connectivity index (χ0v) is 15.4. The molecule has 1 aliphatic carbocycles. The number of benzene rings is 2. The monoisotopic (exact) mass is 401 g/mol. The lowest BCUT2D eigenvalue weighted by molar-refractivity contribution is -0.274. The highest BCUT2D eigenvalue weighted by molar-refractivity contribution is 5.55. The van der Waals surface area contributed by atoms with Crippen LogP contribution in [0.1, 0.15) is 31.2 Å². The van der Waals surface area contributed by atoms with Crippen molar-refractivity contribution in [3.05, 3.63) is 60.4 Å². The molecule has 2 unspecified atom stereocenters. The summed E-state index contributed by atoms with van der Waals surface area (Å²) < 4.78 is 48.3. The molecule has 1 aromatic heterocycles. The molecular formula is C21H18F3N3O2. The van der Waals surface area contributed by atoms with Crippen LogP contribution in [-0.4, -0.2) is 27.2 Å². The Balaban J connectivity index is 1.32. The van der Waals surface area contributed by atoms with Crippen LogP contribution in [0.15, 0.2) is 54.9 Å². The van der Waals surface area contributed by atoms with E-state index in [0.29, 0.717) is 17.6 Å². The van der Waals surface area contributed by atoms with Gasteiger partial charge in [-0.25, -0.2) is 9.67 Å². The van der Waals surface area contributed by atoms with Gasteiger partial charge in [0.05, 0.1) is 17.4 Å². The molecule has 3 aliphatic rings. The highest BCUT2D eigenvalue weighted by atomic mass is 19.4. The second kappa shape index (κ2) is 6.59. The third-order valence-electron chi connectivity index (χ3n) is 5.55. The molecule has 150 valence electrons. The number of halogens is 3. The van der Waals surface area contributed by atoms with E-state index in [1.807, 2.05) is 12.1 Å². The van der Waals surface area contributed by atoms with Gasteiger partial charge in [-0.1, -0.05) is 24.3 Å². The van der Waals surface area contributed by atoms with Crippen molar-refractivity contribution in [1.82, 2.24) is 14.8 Å². The molecule has 2 aliphatic heterocycles. The van der Waals surface area contributed by atoms with E-state index in [-0.39, 0.29) is 11.4 Å². The van der Waals surface area contributed by atoms with Gasteiger partial charge in [0.25, 0.3) is 0 Å². The lowest BCUT2D eigenvalue weighted by Gasteiger charge is -2.52. The van der Waals surface area contributed by atoms with Gasteiger partial charge < -0.3 is 9.47 Å². The molecule has 3 aromatic rings. The Morgan fingerprint density at radius 3 is 2.41 bits per heavy atom. The summed E-state index contributed by atoms with van der Waals surface area (Å²) in [7, 11) is 0. The molecule has 1 saturated carbocycles. The molecule has 2 saturated heterocycles. The normalized spacial score (nSPS) is 23.5. The Labute approximate surface area is 165 Å². The van der Waals surface area contributed by atoms with Crippen molar-refractivity contribution in [2.24, 2.45) is 0 Å². The van der Waals surface area contributed by atoms with Crippen LogP contribution in [0, 0.1) is 0 Å². The number of fused-ring (bicyclic) bond motifs is 2. The molecule has 2 aromatic carbocycles. The maximum absolute atomic E-state index is 12.3. The topological polar surface area (TPSA) is 49.2 Å². The van der Waals surface area contributed by atoms with Crippen LogP contribution < -0.4 is 4.74 Å². The number of rotatable bonds is 4. The summed E-state index contributed by atoms with van der Waals surface area (Å²) in [6.07, 6.45) is 1.74. The highest BCUT2D eigenvalue weighted by Gasteiger charge is 2.49. The molecule has 3 heterocycles. The van der Waals surface area contributed by atoms with E-state index in [4.69, 9.17) is 4.74 Å². The fourth-order valence-electron chi connectivity index (χ4n) is 4.19. The van der Waals surface area contributed by atoms with Gasteiger partial charge in [-0.2, -0.15) is 0 Å². The SMILES string of the molecule is FC(F)(F)Oc1ccc(-n2cnc(-c3ccc(C45CCCC(C4)O5)cc3)n2)cc1. The standard InChI is InChI=1S/C21H18F3N3O2/c22-21(23,24)29-17-9-7-16(8-10-17)27-13-25-19(26-27)14-3-5-15(6-4-14)20-11-1-2-18(12-20)28-20/h3-10,13,18H,1-2,11-12H2. The van der Waals surface area contributed by atoms with Gasteiger partial charge >= 0.3 is 6.36 Å². The molecule has 0 amide bonds. The largest absolute Gasteiger partial charge is 0.573 e. The van der Waals surface area contributed by atoms with Crippen LogP contribution in [0.3, 0.4) is 0 Å². The number of nitrogens with zero attached hydrogens (tertiary/aromatic N) is 3. The molecule has 8 heteroatoms. The number of ether oxygens (including phenoxy) is 2. The molecule has 6 rings (SSSR count). The minimum Gasteiger partial charge on any atom is -0.406 e. The van der Waals surface area contributed by atoms with Gasteiger partial charge in [0.15, 0.2) is 5.82 Å². The maximum Gasteiger partial charge on any atom is 0.573 e. The maximum atomic E-state index is 12.3. The first-order chi connectivity index (χ1) is 13.9. The van der Waals surface area contributed by atoms with Gasteiger partial charge in [0.2, 0.25) is 0 Å². The van der Waals surface area contributed by atoms with E-state index in [1.165, 1.54) is 47.3 Å². The minimum absolute atomic E-state index is 0.117. The molecule has 0 N–H and O–H groups in total. The Morgan fingerprint density at radius 2 is 1.79 bits per heavy atom. The summed E-state index contributed by atoms with van der Waals surface area (Å²) in [5, 5.41) is 4.44. The van der Waals surface area contributed by atoms with Crippen molar-refractivity contribution in [3.8, 4) is 22.8 Å². The Bertz CT molecular complexity index is 1000. The zero-order valence-electron chi connectivity index (χ0n) is 15.4. The van der Waals surface area contributed by atoms with Gasteiger partial charge in [-0.3, -0.25) is 0 Å². The summed E-state index contributed by atoms with van der Waals surface area (Å²) in [6.45, 7) is 0. The minimum atomic E-state index is -4.71. The van der Waals surface area contributed by atoms with Crippen molar-refractivity contribution >= 4 is 0 Å². The Kier molecular flexibility index (Phi) is 4.13. The Hall–Kier alpha value is -2.87. The first-order valence-corrected chi connectivity index (χ1v) is 9.47. The molecule has 29 heavy (non-hydrogen) atoms. The van der Waals surface area contributed by atoms with Crippen LogP contribution in [0.4, 0.5) is 13.2 Å². The van der Waals surface area contributed by atoms with Crippen molar-refractivity contribution in [2.45, 2.75) is 43.8 Å². The van der Waals surface area contributed by atoms with Crippen molar-refractivity contribution < 1.29 is 22.6 Å². The smallest absolute Gasteiger partial charge is 0.406 e. The average molecular weight is 401 g/mol. The molecule has 5 nitrogen and oxygen atoms in total. The van der Waals surface area contributed by atoms with Crippen LogP contribution >= 0.6 is 0 Å². The second-order valence-corrected chi connectivity index (χ2v) is 7.46. The predicted molar refractivity (Wildman–Crippen MR) is 98.5 cm³/mol. The van der Waals surface area contributed by atoms with Crippen molar-refractivity contribution in [3.63, 3.8) is 0 Å². The number of aromatic nitrogens is 3. The summed E-state index contributed by atoms with van der Waals surface area (Å²) in [5.41, 5.74) is 2.53. The van der Waals surface area contributed by atoms with Crippen molar-refractivity contribution in [1.29, 1.82) is 0 Å². The van der Waals surface area contributed by atoms with Gasteiger partial charge in [0.1, 0.15) is 12.1 Å². The fraction of sp³-hybridized carbons (Fsp3) is 0.333. The number of hydrogen-bond acceptors (Lipinski definition) is 4. The first-order valence-electron chi connectivity index (χ1n) is 9.47. The molecule has 3 fully saturated rings. The van der Waals surface area contributed by atoms with Crippen LogP contribution in [0.5, 0.6) is 5.75 Å². The quantitative estimate of drug-likeness (QED) is 0.617. The summed E-state index contributed by atoms with van der Waals surface area (Å²) in [5.74, 6) is 0.264. The highest BCUT2D eigenvalue weighted by Crippen LogP contribution is 2.51. The Morgan fingerprint density at radius 1 is 1.07 bits per heavy atom. The van der Waals surface area contributed by atoms with E-state index in [0.717, 1.165) is 24.8 Å². The van der Waals surface area contributed by atoms with E-state index < -0.39 is 6.36 Å². The fourth-order valence-corrected chi connectivity index (χ4v) is 4.19. The van der Waals surface area contributed by atoms with Crippen LogP contribution in [0.2, 0.25) is 0 Å². The van der Waals surface area contributed by atoms with Gasteiger partial charge in [-0.05, 0) is 49.1 Å². The lowest BCUT2D eigenvalue weighted by Crippen LogP contribution is -2.51. The summed E-state index contributed by atoms with van der Waals surface area (Å²) in [4.78, 5) is 4.32. The third-order valence-corrected chi connectivity index (χ3v) is 5.55. The van der Waals surface area contributed by atoms with Gasteiger partial charge in [0, 0.05) is 12.0 Å². The summed E-state index contributed by atoms with van der Waals surface area (Å²) >= 11 is 0. The van der Waals surface area contributed by atoms with E-state index in [1.54, 1.807) is 0 Å². The molecular weight excluding hydrogens is 383 g/mol. The van der Waals surface area contributed by atoms with Crippen molar-refractivity contribution in [2.75, 3.05) is 0 Å².